The normalized spacial score (nSPS) is 18.7. The number of rotatable bonds is 8. The van der Waals surface area contributed by atoms with Crippen molar-refractivity contribution in [3.63, 3.8) is 0 Å². The van der Waals surface area contributed by atoms with Gasteiger partial charge in [0, 0.05) is 24.4 Å². The Hall–Kier alpha value is -4.34. The van der Waals surface area contributed by atoms with E-state index in [0.29, 0.717) is 24.2 Å². The largest absolute Gasteiger partial charge is 0.466 e. The number of thiocarbonyl (C=S) groups is 1. The molecule has 41 heavy (non-hydrogen) atoms. The lowest BCUT2D eigenvalue weighted by Crippen LogP contribution is -2.54. The van der Waals surface area contributed by atoms with Crippen LogP contribution >= 0.6 is 12.2 Å². The third-order valence-corrected chi connectivity index (χ3v) is 7.97. The second-order valence-corrected chi connectivity index (χ2v) is 10.5. The number of nitro benzene ring substituents is 1. The summed E-state index contributed by atoms with van der Waals surface area (Å²) in [6, 6.07) is 16.6. The number of hydrogen-bond donors (Lipinski definition) is 2. The molecule has 0 radical (unpaired) electrons. The summed E-state index contributed by atoms with van der Waals surface area (Å²) in [6.45, 7) is 4.33. The highest BCUT2D eigenvalue weighted by molar-refractivity contribution is 7.80. The Morgan fingerprint density at radius 3 is 2.44 bits per heavy atom. The molecule has 2 aliphatic rings. The monoisotopic (exact) mass is 576 g/mol. The maximum absolute atomic E-state index is 13.4. The minimum absolute atomic E-state index is 0.0980. The Morgan fingerprint density at radius 2 is 1.85 bits per heavy atom. The van der Waals surface area contributed by atoms with Crippen molar-refractivity contribution >= 4 is 35.0 Å². The molecule has 0 aliphatic carbocycles. The van der Waals surface area contributed by atoms with Gasteiger partial charge in [-0.25, -0.2) is 9.59 Å². The Balaban J connectivity index is 1.40. The lowest BCUT2D eigenvalue weighted by atomic mass is 9.74. The Kier molecular flexibility index (Phi) is 9.31. The van der Waals surface area contributed by atoms with E-state index >= 15 is 0 Å². The number of carbonyl (C=O) groups excluding carboxylic acids is 2. The van der Waals surface area contributed by atoms with E-state index in [-0.39, 0.29) is 16.4 Å². The molecule has 2 aliphatic heterocycles. The van der Waals surface area contributed by atoms with Crippen LogP contribution in [-0.2, 0) is 14.9 Å². The van der Waals surface area contributed by atoms with Crippen molar-refractivity contribution in [3.8, 4) is 6.07 Å². The number of ether oxygens (including phenoxy) is 1. The Bertz CT molecular complexity index is 1380. The minimum Gasteiger partial charge on any atom is -0.466 e. The van der Waals surface area contributed by atoms with Gasteiger partial charge in [-0.05, 0) is 81.3 Å². The van der Waals surface area contributed by atoms with Crippen molar-refractivity contribution in [2.24, 2.45) is 0 Å². The van der Waals surface area contributed by atoms with Gasteiger partial charge < -0.3 is 20.3 Å². The standard InChI is InChI=1S/C29H32N6O5S/c1-20-24(26(36)40-2)25(21-9-11-23(12-10-21)35(38)39)34(28(41)32-20)27(37)31-15-6-16-33-17-13-29(19-30,14-18-33)22-7-4-3-5-8-22/h3-5,7-12,25H,6,13-18H2,1-2H3,(H,31,37)(H,32,41). The van der Waals surface area contributed by atoms with E-state index in [1.807, 2.05) is 30.3 Å². The zero-order valence-electron chi connectivity index (χ0n) is 23.0. The first-order valence-corrected chi connectivity index (χ1v) is 13.7. The zero-order valence-corrected chi connectivity index (χ0v) is 23.8. The third kappa shape index (κ3) is 6.37. The molecule has 2 heterocycles. The zero-order chi connectivity index (χ0) is 29.6. The van der Waals surface area contributed by atoms with Crippen LogP contribution in [0.25, 0.3) is 0 Å². The van der Waals surface area contributed by atoms with Crippen molar-refractivity contribution in [1.29, 1.82) is 5.26 Å². The predicted molar refractivity (Wildman–Crippen MR) is 156 cm³/mol. The third-order valence-electron chi connectivity index (χ3n) is 7.67. The average molecular weight is 577 g/mol. The Labute approximate surface area is 243 Å². The molecule has 12 heteroatoms. The van der Waals surface area contributed by atoms with Gasteiger partial charge in [-0.3, -0.25) is 15.0 Å². The van der Waals surface area contributed by atoms with Crippen LogP contribution in [-0.4, -0.2) is 65.1 Å². The topological polar surface area (TPSA) is 141 Å². The first-order valence-electron chi connectivity index (χ1n) is 13.3. The van der Waals surface area contributed by atoms with Gasteiger partial charge in [0.1, 0.15) is 6.04 Å². The van der Waals surface area contributed by atoms with Gasteiger partial charge in [0.25, 0.3) is 5.69 Å². The van der Waals surface area contributed by atoms with Crippen molar-refractivity contribution in [3.05, 3.63) is 87.1 Å². The number of hydrogen-bond acceptors (Lipinski definition) is 8. The fourth-order valence-electron chi connectivity index (χ4n) is 5.38. The number of esters is 1. The quantitative estimate of drug-likeness (QED) is 0.157. The molecule has 11 nitrogen and oxygen atoms in total. The number of allylic oxidation sites excluding steroid dienone is 1. The molecule has 2 aromatic carbocycles. The first kappa shape index (κ1) is 29.6. The van der Waals surface area contributed by atoms with Crippen molar-refractivity contribution in [2.45, 2.75) is 37.6 Å². The number of non-ortho nitro benzene ring substituents is 1. The maximum Gasteiger partial charge on any atom is 0.337 e. The van der Waals surface area contributed by atoms with E-state index in [0.717, 1.165) is 38.0 Å². The van der Waals surface area contributed by atoms with Crippen LogP contribution in [0.2, 0.25) is 0 Å². The molecule has 1 fully saturated rings. The molecular weight excluding hydrogens is 544 g/mol. The van der Waals surface area contributed by atoms with Crippen LogP contribution in [0.4, 0.5) is 10.5 Å². The van der Waals surface area contributed by atoms with Crippen LogP contribution in [0.5, 0.6) is 0 Å². The van der Waals surface area contributed by atoms with Crippen LogP contribution in [0.1, 0.15) is 43.4 Å². The van der Waals surface area contributed by atoms with Crippen LogP contribution in [0, 0.1) is 21.4 Å². The van der Waals surface area contributed by atoms with Gasteiger partial charge >= 0.3 is 12.0 Å². The second kappa shape index (κ2) is 12.9. The summed E-state index contributed by atoms with van der Waals surface area (Å²) in [7, 11) is 1.24. The van der Waals surface area contributed by atoms with Crippen LogP contribution < -0.4 is 10.6 Å². The lowest BCUT2D eigenvalue weighted by molar-refractivity contribution is -0.384. The number of nitrogens with one attached hydrogen (secondary N) is 2. The number of nitro groups is 1. The second-order valence-electron chi connectivity index (χ2n) is 10.1. The maximum atomic E-state index is 13.4. The summed E-state index contributed by atoms with van der Waals surface area (Å²) in [5.41, 5.74) is 1.55. The number of carbonyl (C=O) groups is 2. The van der Waals surface area contributed by atoms with E-state index in [9.17, 15) is 25.0 Å². The number of amides is 2. The average Bonchev–Trinajstić information content (AvgIpc) is 2.99. The van der Waals surface area contributed by atoms with Crippen LogP contribution in [0.15, 0.2) is 65.9 Å². The molecule has 0 bridgehead atoms. The molecule has 214 valence electrons. The molecule has 4 rings (SSSR count). The van der Waals surface area contributed by atoms with Crippen LogP contribution in [0.3, 0.4) is 0 Å². The molecule has 0 saturated carbocycles. The smallest absolute Gasteiger partial charge is 0.337 e. The number of likely N-dealkylation sites (tertiary alicyclic amines) is 1. The van der Waals surface area contributed by atoms with E-state index in [1.54, 1.807) is 6.92 Å². The van der Waals surface area contributed by atoms with E-state index in [2.05, 4.69) is 21.6 Å². The molecule has 1 unspecified atom stereocenters. The summed E-state index contributed by atoms with van der Waals surface area (Å²) in [5, 5.41) is 27.0. The van der Waals surface area contributed by atoms with Crippen molar-refractivity contribution in [2.75, 3.05) is 33.3 Å². The number of urea groups is 1. The first-order chi connectivity index (χ1) is 19.7. The summed E-state index contributed by atoms with van der Waals surface area (Å²) in [4.78, 5) is 40.4. The molecule has 2 amide bonds. The van der Waals surface area contributed by atoms with Gasteiger partial charge in [0.15, 0.2) is 5.11 Å². The van der Waals surface area contributed by atoms with E-state index in [4.69, 9.17) is 17.0 Å². The molecule has 2 N–H and O–H groups in total. The number of piperidine rings is 1. The van der Waals surface area contributed by atoms with Gasteiger partial charge in [-0.15, -0.1) is 0 Å². The van der Waals surface area contributed by atoms with Gasteiger partial charge in [-0.2, -0.15) is 5.26 Å². The molecule has 0 spiro atoms. The van der Waals surface area contributed by atoms with Gasteiger partial charge in [0.2, 0.25) is 0 Å². The van der Waals surface area contributed by atoms with Crippen molar-refractivity contribution in [1.82, 2.24) is 20.4 Å². The fourth-order valence-corrected chi connectivity index (χ4v) is 5.72. The molecule has 0 aromatic heterocycles. The highest BCUT2D eigenvalue weighted by Gasteiger charge is 2.40. The molecule has 1 atom stereocenters. The summed E-state index contributed by atoms with van der Waals surface area (Å²) < 4.78 is 4.98. The molecular formula is C29H32N6O5S. The van der Waals surface area contributed by atoms with E-state index in [1.165, 1.54) is 36.3 Å². The minimum atomic E-state index is -0.934. The summed E-state index contributed by atoms with van der Waals surface area (Å²) >= 11 is 5.48. The van der Waals surface area contributed by atoms with Gasteiger partial charge in [0.05, 0.1) is 29.1 Å². The van der Waals surface area contributed by atoms with Crippen molar-refractivity contribution < 1.29 is 19.2 Å². The number of benzene rings is 2. The van der Waals surface area contributed by atoms with E-state index < -0.39 is 28.4 Å². The summed E-state index contributed by atoms with van der Waals surface area (Å²) in [5.74, 6) is -0.646. The fraction of sp³-hybridized carbons (Fsp3) is 0.379. The predicted octanol–water partition coefficient (Wildman–Crippen LogP) is 3.93. The highest BCUT2D eigenvalue weighted by Crippen LogP contribution is 2.36. The number of methoxy groups -OCH3 is 1. The lowest BCUT2D eigenvalue weighted by Gasteiger charge is -2.38. The molecule has 2 aromatic rings. The summed E-state index contributed by atoms with van der Waals surface area (Å²) in [6.07, 6.45) is 2.16. The number of nitrogens with zero attached hydrogens (tertiary/aromatic N) is 4. The Morgan fingerprint density at radius 1 is 1.20 bits per heavy atom. The SMILES string of the molecule is COC(=O)C1=C(C)NC(=S)N(C(=O)NCCCN2CCC(C#N)(c3ccccc3)CC2)C1c1ccc([N+](=O)[O-])cc1. The molecule has 1 saturated heterocycles. The van der Waals surface area contributed by atoms with Gasteiger partial charge in [-0.1, -0.05) is 30.3 Å². The highest BCUT2D eigenvalue weighted by atomic mass is 32.1. The number of nitriles is 1.